The van der Waals surface area contributed by atoms with E-state index in [0.717, 1.165) is 36.9 Å². The van der Waals surface area contributed by atoms with Crippen LogP contribution in [0.2, 0.25) is 0 Å². The average molecular weight is 319 g/mol. The van der Waals surface area contributed by atoms with E-state index < -0.39 is 0 Å². The van der Waals surface area contributed by atoms with Crippen LogP contribution in [0.5, 0.6) is 0 Å². The lowest BCUT2D eigenvalue weighted by molar-refractivity contribution is -0.907. The van der Waals surface area contributed by atoms with Crippen LogP contribution in [0.15, 0.2) is 0 Å². The van der Waals surface area contributed by atoms with Crippen molar-refractivity contribution in [2.24, 2.45) is 0 Å². The normalized spacial score (nSPS) is 20.8. The Morgan fingerprint density at radius 3 is 1.35 bits per heavy atom. The maximum absolute atomic E-state index is 5.04. The van der Waals surface area contributed by atoms with Crippen LogP contribution >= 0.6 is 24.4 Å². The molecule has 2 fully saturated rings. The molecule has 0 aliphatic carbocycles. The number of nitrogens with one attached hydrogen (secondary N) is 6. The molecule has 2 heterocycles. The lowest BCUT2D eigenvalue weighted by Gasteiger charge is -2.27. The highest BCUT2D eigenvalue weighted by Gasteiger charge is 2.15. The van der Waals surface area contributed by atoms with Gasteiger partial charge < -0.3 is 31.1 Å². The molecule has 6 nitrogen and oxygen atoms in total. The van der Waals surface area contributed by atoms with Crippen molar-refractivity contribution >= 4 is 34.7 Å². The van der Waals surface area contributed by atoms with Gasteiger partial charge in [-0.05, 0) is 50.1 Å². The third-order valence-corrected chi connectivity index (χ3v) is 4.38. The summed E-state index contributed by atoms with van der Waals surface area (Å²) in [6.07, 6.45) is 5.23. The molecule has 0 bridgehead atoms. The molecule has 2 aliphatic heterocycles. The highest BCUT2D eigenvalue weighted by atomic mass is 32.1. The minimum Gasteiger partial charge on any atom is -0.316 e. The van der Waals surface area contributed by atoms with Gasteiger partial charge in [-0.3, -0.25) is 0 Å². The molecule has 2 rings (SSSR count). The predicted octanol–water partition coefficient (Wildman–Crippen LogP) is -2.90. The van der Waals surface area contributed by atoms with Crippen molar-refractivity contribution in [1.29, 1.82) is 0 Å². The summed E-state index contributed by atoms with van der Waals surface area (Å²) in [4.78, 5) is 3.09. The quantitative estimate of drug-likeness (QED) is 0.224. The maximum atomic E-state index is 5.04. The van der Waals surface area contributed by atoms with Crippen LogP contribution in [0.25, 0.3) is 0 Å². The number of quaternary nitrogens is 2. The minimum absolute atomic E-state index is 0.792. The molecule has 0 amide bonds. The molecular weight excluding hydrogens is 292 g/mol. The van der Waals surface area contributed by atoms with Gasteiger partial charge >= 0.3 is 0 Å². The Labute approximate surface area is 131 Å². The molecule has 0 saturated carbocycles. The van der Waals surface area contributed by atoms with Crippen LogP contribution in [0.3, 0.4) is 0 Å². The van der Waals surface area contributed by atoms with E-state index in [4.69, 9.17) is 24.4 Å². The summed E-state index contributed by atoms with van der Waals surface area (Å²) >= 11 is 10.1. The number of unbranched alkanes of at least 4 members (excludes halogenated alkanes) is 3. The summed E-state index contributed by atoms with van der Waals surface area (Å²) in [5.41, 5.74) is 0. The Balaban J connectivity index is 1.42. The SMILES string of the molecule is S=C1NC[NH+](CCCCCC[NH+]2CNC(=S)NC2)CN1. The second-order valence-electron chi connectivity index (χ2n) is 5.49. The molecule has 2 saturated heterocycles. The number of thiocarbonyl (C=S) groups is 2. The van der Waals surface area contributed by atoms with Gasteiger partial charge in [0, 0.05) is 0 Å². The van der Waals surface area contributed by atoms with E-state index in [1.807, 2.05) is 0 Å². The fraction of sp³-hybridized carbons (Fsp3) is 0.833. The molecule has 6 N–H and O–H groups in total. The zero-order valence-electron chi connectivity index (χ0n) is 11.9. The first-order chi connectivity index (χ1) is 9.74. The molecule has 0 atom stereocenters. The van der Waals surface area contributed by atoms with Crippen molar-refractivity contribution in [3.8, 4) is 0 Å². The summed E-state index contributed by atoms with van der Waals surface area (Å²) < 4.78 is 0. The second-order valence-corrected chi connectivity index (χ2v) is 6.30. The predicted molar refractivity (Wildman–Crippen MR) is 87.3 cm³/mol. The molecule has 0 aromatic carbocycles. The van der Waals surface area contributed by atoms with Gasteiger partial charge in [-0.1, -0.05) is 0 Å². The van der Waals surface area contributed by atoms with Crippen LogP contribution in [0.1, 0.15) is 25.7 Å². The Kier molecular flexibility index (Phi) is 6.71. The Hall–Kier alpha value is -0.700. The van der Waals surface area contributed by atoms with Gasteiger partial charge in [0.15, 0.2) is 36.9 Å². The number of hydrogen-bond donors (Lipinski definition) is 6. The maximum Gasteiger partial charge on any atom is 0.174 e. The second kappa shape index (κ2) is 8.56. The molecule has 0 unspecified atom stereocenters. The highest BCUT2D eigenvalue weighted by Crippen LogP contribution is 1.96. The van der Waals surface area contributed by atoms with Gasteiger partial charge in [-0.15, -0.1) is 0 Å². The van der Waals surface area contributed by atoms with Gasteiger partial charge in [0.25, 0.3) is 0 Å². The topological polar surface area (TPSA) is 57.0 Å². The standard InChI is InChI=1S/C12H24N6S2/c19-11-13-7-17(8-14-11)5-3-1-2-4-6-18-9-15-12(20)16-10-18/h1-10H2,(H2,13,14,19)(H2,15,16,20)/p+2. The summed E-state index contributed by atoms with van der Waals surface area (Å²) in [7, 11) is 0. The molecule has 8 heteroatoms. The third kappa shape index (κ3) is 5.74. The van der Waals surface area contributed by atoms with Gasteiger partial charge in [0.2, 0.25) is 0 Å². The van der Waals surface area contributed by atoms with Gasteiger partial charge in [0.1, 0.15) is 0 Å². The van der Waals surface area contributed by atoms with E-state index in [1.165, 1.54) is 38.8 Å². The van der Waals surface area contributed by atoms with Crippen molar-refractivity contribution in [3.63, 3.8) is 0 Å². The van der Waals surface area contributed by atoms with Gasteiger partial charge in [-0.25, -0.2) is 0 Å². The van der Waals surface area contributed by atoms with E-state index in [-0.39, 0.29) is 0 Å². The largest absolute Gasteiger partial charge is 0.316 e. The molecule has 2 aliphatic rings. The average Bonchev–Trinajstić information content (AvgIpc) is 2.46. The Bertz CT molecular complexity index is 286. The molecule has 0 radical (unpaired) electrons. The highest BCUT2D eigenvalue weighted by molar-refractivity contribution is 7.80. The van der Waals surface area contributed by atoms with Crippen molar-refractivity contribution < 1.29 is 9.80 Å². The zero-order valence-corrected chi connectivity index (χ0v) is 13.5. The minimum atomic E-state index is 0.792. The van der Waals surface area contributed by atoms with E-state index in [2.05, 4.69) is 21.3 Å². The van der Waals surface area contributed by atoms with Crippen LogP contribution < -0.4 is 31.1 Å². The first kappa shape index (κ1) is 15.7. The van der Waals surface area contributed by atoms with Gasteiger partial charge in [-0.2, -0.15) is 0 Å². The number of rotatable bonds is 7. The van der Waals surface area contributed by atoms with E-state index in [1.54, 1.807) is 9.80 Å². The third-order valence-electron chi connectivity index (χ3n) is 3.81. The summed E-state index contributed by atoms with van der Waals surface area (Å²) in [5, 5.41) is 14.3. The lowest BCUT2D eigenvalue weighted by Crippen LogP contribution is -3.17. The van der Waals surface area contributed by atoms with E-state index in [0.29, 0.717) is 0 Å². The zero-order chi connectivity index (χ0) is 14.2. The fourth-order valence-electron chi connectivity index (χ4n) is 2.53. The van der Waals surface area contributed by atoms with Gasteiger partial charge in [0.05, 0.1) is 13.1 Å². The van der Waals surface area contributed by atoms with E-state index in [9.17, 15) is 0 Å². The van der Waals surface area contributed by atoms with Crippen molar-refractivity contribution in [1.82, 2.24) is 21.3 Å². The van der Waals surface area contributed by atoms with E-state index >= 15 is 0 Å². The monoisotopic (exact) mass is 318 g/mol. The van der Waals surface area contributed by atoms with Crippen molar-refractivity contribution in [3.05, 3.63) is 0 Å². The first-order valence-electron chi connectivity index (χ1n) is 7.44. The first-order valence-corrected chi connectivity index (χ1v) is 8.26. The van der Waals surface area contributed by atoms with Crippen molar-refractivity contribution in [2.45, 2.75) is 25.7 Å². The lowest BCUT2D eigenvalue weighted by atomic mass is 10.2. The van der Waals surface area contributed by atoms with Crippen LogP contribution in [-0.2, 0) is 0 Å². The Morgan fingerprint density at radius 2 is 1.00 bits per heavy atom. The molecule has 0 aromatic heterocycles. The molecule has 0 spiro atoms. The van der Waals surface area contributed by atoms with Crippen LogP contribution in [0.4, 0.5) is 0 Å². The number of hydrogen-bond acceptors (Lipinski definition) is 2. The molecular formula is C12H26N6S2+2. The van der Waals surface area contributed by atoms with Crippen LogP contribution in [0, 0.1) is 0 Å². The summed E-state index contributed by atoms with van der Waals surface area (Å²) in [6, 6.07) is 0. The van der Waals surface area contributed by atoms with Crippen LogP contribution in [-0.4, -0.2) is 50.0 Å². The Morgan fingerprint density at radius 1 is 0.650 bits per heavy atom. The fourth-order valence-corrected chi connectivity index (χ4v) is 2.82. The van der Waals surface area contributed by atoms with Crippen molar-refractivity contribution in [2.75, 3.05) is 39.8 Å². The molecule has 0 aromatic rings. The molecule has 114 valence electrons. The smallest absolute Gasteiger partial charge is 0.174 e. The summed E-state index contributed by atoms with van der Waals surface area (Å²) in [5.74, 6) is 0. The molecule has 20 heavy (non-hydrogen) atoms. The summed E-state index contributed by atoms with van der Waals surface area (Å²) in [6.45, 7) is 6.27.